The van der Waals surface area contributed by atoms with Gasteiger partial charge in [-0.25, -0.2) is 0 Å². The molecule has 0 aromatic heterocycles. The van der Waals surface area contributed by atoms with Crippen LogP contribution in [-0.4, -0.2) is 28.2 Å². The average Bonchev–Trinajstić information content (AvgIpc) is 3.18. The predicted octanol–water partition coefficient (Wildman–Crippen LogP) is 9.43. The molecule has 39 heavy (non-hydrogen) atoms. The van der Waals surface area contributed by atoms with E-state index in [0.29, 0.717) is 28.8 Å². The fourth-order valence-corrected chi connectivity index (χ4v) is 15.6. The molecule has 0 unspecified atom stereocenters. The number of anilines is 2. The van der Waals surface area contributed by atoms with Crippen molar-refractivity contribution in [3.05, 3.63) is 87.5 Å². The van der Waals surface area contributed by atoms with E-state index >= 15 is 0 Å². The van der Waals surface area contributed by atoms with E-state index in [-0.39, 0.29) is 6.10 Å². The number of rotatable bonds is 5. The molecule has 0 aliphatic carbocycles. The third-order valence-electron chi connectivity index (χ3n) is 6.72. The molecule has 1 heterocycles. The number of benzene rings is 3. The third-order valence-corrected chi connectivity index (χ3v) is 15.5. The zero-order valence-electron chi connectivity index (χ0n) is 23.9. The van der Waals surface area contributed by atoms with E-state index < -0.39 is 7.56 Å². The van der Waals surface area contributed by atoms with E-state index in [9.17, 15) is 0 Å². The Balaban J connectivity index is 2.18. The van der Waals surface area contributed by atoms with Gasteiger partial charge in [0.2, 0.25) is 0 Å². The quantitative estimate of drug-likeness (QED) is 0.247. The summed E-state index contributed by atoms with van der Waals surface area (Å²) in [5.41, 5.74) is 9.52. The molecule has 0 amide bonds. The van der Waals surface area contributed by atoms with Crippen molar-refractivity contribution in [2.24, 2.45) is 0 Å². The van der Waals surface area contributed by atoms with Crippen LogP contribution in [0, 0.1) is 41.5 Å². The van der Waals surface area contributed by atoms with Crippen LogP contribution < -0.4 is 14.5 Å². The molecule has 0 spiro atoms. The Hall–Kier alpha value is -1.42. The van der Waals surface area contributed by atoms with Crippen molar-refractivity contribution in [2.45, 2.75) is 61.5 Å². The van der Waals surface area contributed by atoms with Crippen LogP contribution in [0.25, 0.3) is 0 Å². The number of halogens is 4. The van der Waals surface area contributed by atoms with Gasteiger partial charge in [0.1, 0.15) is 0 Å². The number of nitrogens with zero attached hydrogens (tertiary/aromatic N) is 2. The molecule has 1 saturated heterocycles. The summed E-state index contributed by atoms with van der Waals surface area (Å²) in [6.07, 6.45) is -0.0499. The van der Waals surface area contributed by atoms with Crippen molar-refractivity contribution < 1.29 is 12.3 Å². The predicted molar refractivity (Wildman–Crippen MR) is 172 cm³/mol. The monoisotopic (exact) mass is 696 g/mol. The zero-order valence-corrected chi connectivity index (χ0v) is 28.6. The fourth-order valence-electron chi connectivity index (χ4n) is 5.72. The van der Waals surface area contributed by atoms with Gasteiger partial charge in [0.25, 0.3) is 0 Å². The number of hydrogen-bond donors (Lipinski definition) is 0. The van der Waals surface area contributed by atoms with Gasteiger partial charge in [-0.3, -0.25) is 0 Å². The van der Waals surface area contributed by atoms with E-state index in [2.05, 4.69) is 75.6 Å². The van der Waals surface area contributed by atoms with E-state index in [1.54, 1.807) is 4.61 Å². The summed E-state index contributed by atoms with van der Waals surface area (Å²) >= 11 is 0. The summed E-state index contributed by atoms with van der Waals surface area (Å²) < 4.78 is 8.29. The first-order chi connectivity index (χ1) is 17.9. The molecular weight excluding hydrogens is 659 g/mol. The summed E-state index contributed by atoms with van der Waals surface area (Å²) in [7, 11) is 24.3. The molecule has 0 atom stereocenters. The van der Waals surface area contributed by atoms with Crippen LogP contribution in [0.1, 0.15) is 52.8 Å². The molecule has 3 nitrogen and oxygen atoms in total. The Morgan fingerprint density at radius 1 is 0.718 bits per heavy atom. The second-order valence-electron chi connectivity index (χ2n) is 10.8. The minimum absolute atomic E-state index is 0.0499. The van der Waals surface area contributed by atoms with Crippen molar-refractivity contribution >= 4 is 59.1 Å². The van der Waals surface area contributed by atoms with Gasteiger partial charge in [0.15, 0.2) is 0 Å². The molecule has 220 valence electrons. The average molecular weight is 698 g/mol. The Kier molecular flexibility index (Phi) is 7.94. The van der Waals surface area contributed by atoms with Crippen molar-refractivity contribution in [2.75, 3.05) is 22.9 Å². The van der Waals surface area contributed by atoms with Gasteiger partial charge in [-0.15, -0.1) is 0 Å². The molecule has 3 aromatic carbocycles. The second-order valence-corrected chi connectivity index (χ2v) is 38.1. The van der Waals surface area contributed by atoms with Crippen molar-refractivity contribution in [3.63, 3.8) is 0 Å². The molecule has 1 fully saturated rings. The van der Waals surface area contributed by atoms with Crippen LogP contribution in [0.5, 0.6) is 5.75 Å². The van der Waals surface area contributed by atoms with E-state index in [1.165, 1.54) is 11.1 Å². The molecule has 1 aliphatic heterocycles. The standard InChI is InChI=1S/C21H26N2.C10H12O.4ClH.Ru/c1-14-9-16(3)20(17(4)10-14)22-7-8-23(13-22)21-18(5)11-15(2)12-19(21)6;1-8(2)11-10-7-5-4-6-9(10)3;;;;;/h9-12H,7-8H2,1-6H3;3-8H,1-2H3;4*1H;/q;;;;;;-2/p-4. The second kappa shape index (κ2) is 10.1. The van der Waals surface area contributed by atoms with Crippen LogP contribution in [-0.2, 0) is 7.56 Å². The molecule has 0 saturated carbocycles. The molecule has 4 rings (SSSR count). The topological polar surface area (TPSA) is 15.7 Å². The molecule has 3 aromatic rings. The maximum absolute atomic E-state index is 7.60. The van der Waals surface area contributed by atoms with Gasteiger partial charge in [0, 0.05) is 0 Å². The Morgan fingerprint density at radius 3 is 1.54 bits per heavy atom. The third kappa shape index (κ3) is 6.26. The molecular formula is C31H38Cl4N2ORu-6. The first kappa shape index (κ1) is 30.5. The summed E-state index contributed by atoms with van der Waals surface area (Å²) in [5, 5.41) is 0. The number of hydrogen-bond acceptors (Lipinski definition) is 3. The zero-order chi connectivity index (χ0) is 29.0. The van der Waals surface area contributed by atoms with Gasteiger partial charge >= 0.3 is 249 Å². The van der Waals surface area contributed by atoms with Gasteiger partial charge in [-0.2, -0.15) is 0 Å². The van der Waals surface area contributed by atoms with Crippen molar-refractivity contribution in [1.29, 1.82) is 0 Å². The molecule has 0 bridgehead atoms. The summed E-state index contributed by atoms with van der Waals surface area (Å²) in [6.45, 7) is 17.8. The molecule has 8 heteroatoms. The van der Waals surface area contributed by atoms with Crippen LogP contribution in [0.4, 0.5) is 11.4 Å². The molecule has 1 aliphatic rings. The Bertz CT molecular complexity index is 1520. The number of ether oxygens (including phenoxy) is 1. The van der Waals surface area contributed by atoms with Gasteiger partial charge < -0.3 is 0 Å². The molecule has 0 N–H and O–H groups in total. The normalized spacial score (nSPS) is 16.0. The summed E-state index contributed by atoms with van der Waals surface area (Å²) in [6, 6.07) is 16.2. The maximum atomic E-state index is 7.60. The van der Waals surface area contributed by atoms with Crippen molar-refractivity contribution in [1.82, 2.24) is 0 Å². The Labute approximate surface area is 247 Å². The van der Waals surface area contributed by atoms with Crippen molar-refractivity contribution in [3.8, 4) is 5.75 Å². The fraction of sp³-hybridized carbons (Fsp3) is 0.355. The van der Waals surface area contributed by atoms with Crippen LogP contribution >= 0.6 is 38.8 Å². The summed E-state index contributed by atoms with van der Waals surface area (Å²) in [4.78, 5) is 4.29. The van der Waals surface area contributed by atoms with Gasteiger partial charge in [0.05, 0.1) is 0 Å². The molecule has 0 radical (unpaired) electrons. The van der Waals surface area contributed by atoms with Crippen LogP contribution in [0.15, 0.2) is 48.5 Å². The first-order valence-electron chi connectivity index (χ1n) is 13.0. The SMILES string of the molecule is Cc1cc(C)c(N2CCN(c3c(C)cc(C)cc3C)[C]2=[Ru-6]([Cl])([Cl])([Cl])([Cl])=[CH]c2ccccc2OC(C)C)c(C)c1. The van der Waals surface area contributed by atoms with Gasteiger partial charge in [-0.05, 0) is 0 Å². The van der Waals surface area contributed by atoms with E-state index in [4.69, 9.17) is 43.5 Å². The van der Waals surface area contributed by atoms with E-state index in [0.717, 1.165) is 33.6 Å². The number of para-hydroxylation sites is 1. The summed E-state index contributed by atoms with van der Waals surface area (Å²) in [5.74, 6) is 0.628. The first-order valence-corrected chi connectivity index (χ1v) is 23.8. The minimum atomic E-state index is -6.12. The van der Waals surface area contributed by atoms with Gasteiger partial charge in [-0.1, -0.05) is 0 Å². The van der Waals surface area contributed by atoms with Crippen LogP contribution in [0.3, 0.4) is 0 Å². The number of aryl methyl sites for hydroxylation is 6. The Morgan fingerprint density at radius 2 is 1.13 bits per heavy atom. The van der Waals surface area contributed by atoms with Crippen LogP contribution in [0.2, 0.25) is 0 Å². The van der Waals surface area contributed by atoms with E-state index in [1.807, 2.05) is 38.1 Å².